The number of hydrogen-bond acceptors (Lipinski definition) is 3. The number of hydrogen-bond donors (Lipinski definition) is 2. The maximum atomic E-state index is 13.3. The maximum absolute atomic E-state index is 13.3. The van der Waals surface area contributed by atoms with Gasteiger partial charge in [0.2, 0.25) is 5.95 Å². The molecule has 2 rings (SSSR count). The van der Waals surface area contributed by atoms with E-state index in [-0.39, 0.29) is 12.2 Å². The molecule has 1 aromatic carbocycles. The van der Waals surface area contributed by atoms with Crippen LogP contribution in [0.5, 0.6) is 0 Å². The summed E-state index contributed by atoms with van der Waals surface area (Å²) in [7, 11) is 0. The predicted molar refractivity (Wildman–Crippen MR) is 64.5 cm³/mol. The minimum atomic E-state index is -0.812. The number of aliphatic hydroxyl groups is 1. The summed E-state index contributed by atoms with van der Waals surface area (Å²) < 4.78 is 13.3. The van der Waals surface area contributed by atoms with Crippen LogP contribution in [0.2, 0.25) is 0 Å². The first-order valence-corrected chi connectivity index (χ1v) is 5.32. The molecule has 0 aliphatic rings. The van der Waals surface area contributed by atoms with Crippen molar-refractivity contribution < 1.29 is 14.3 Å². The lowest BCUT2D eigenvalue weighted by atomic mass is 10.2. The van der Waals surface area contributed by atoms with E-state index in [2.05, 4.69) is 10.3 Å². The van der Waals surface area contributed by atoms with E-state index in [0.717, 1.165) is 0 Å². The number of aliphatic hydroxyl groups excluding tert-OH is 1. The van der Waals surface area contributed by atoms with E-state index in [9.17, 15) is 9.18 Å². The molecule has 1 aromatic heterocycles. The number of carbonyl (C=O) groups excluding carboxylic acids is 1. The fourth-order valence-electron chi connectivity index (χ4n) is 1.50. The van der Waals surface area contributed by atoms with Gasteiger partial charge in [0.05, 0.1) is 12.2 Å². The standard InChI is InChI=1S/C13H11FN2O2/c14-12-11(5-2-6-15-12)13(18)16-10-4-1-3-9(7-10)8-17/h1-7,17H,8H2,(H,16,18). The second-order valence-corrected chi connectivity index (χ2v) is 3.65. The quantitative estimate of drug-likeness (QED) is 0.814. The Morgan fingerprint density at radius 2 is 2.17 bits per heavy atom. The molecule has 0 spiro atoms. The third kappa shape index (κ3) is 2.70. The van der Waals surface area contributed by atoms with Gasteiger partial charge >= 0.3 is 0 Å². The van der Waals surface area contributed by atoms with Crippen molar-refractivity contribution in [2.45, 2.75) is 6.61 Å². The minimum absolute atomic E-state index is 0.119. The first-order valence-electron chi connectivity index (χ1n) is 5.32. The molecule has 92 valence electrons. The van der Waals surface area contributed by atoms with E-state index >= 15 is 0 Å². The predicted octanol–water partition coefficient (Wildman–Crippen LogP) is 1.97. The largest absolute Gasteiger partial charge is 0.392 e. The summed E-state index contributed by atoms with van der Waals surface area (Å²) in [5, 5.41) is 11.5. The second kappa shape index (κ2) is 5.37. The fraction of sp³-hybridized carbons (Fsp3) is 0.0769. The third-order valence-corrected chi connectivity index (χ3v) is 2.37. The molecule has 0 aliphatic heterocycles. The van der Waals surface area contributed by atoms with Crippen LogP contribution in [-0.4, -0.2) is 16.0 Å². The van der Waals surface area contributed by atoms with Gasteiger partial charge in [0, 0.05) is 11.9 Å². The van der Waals surface area contributed by atoms with Crippen molar-refractivity contribution in [2.75, 3.05) is 5.32 Å². The topological polar surface area (TPSA) is 62.2 Å². The van der Waals surface area contributed by atoms with Crippen LogP contribution in [0.3, 0.4) is 0 Å². The molecule has 0 fully saturated rings. The van der Waals surface area contributed by atoms with Crippen molar-refractivity contribution in [1.82, 2.24) is 4.98 Å². The van der Waals surface area contributed by atoms with E-state index in [1.54, 1.807) is 24.3 Å². The number of halogens is 1. The van der Waals surface area contributed by atoms with Crippen LogP contribution in [0.1, 0.15) is 15.9 Å². The summed E-state index contributed by atoms with van der Waals surface area (Å²) >= 11 is 0. The van der Waals surface area contributed by atoms with Gasteiger partial charge in [-0.3, -0.25) is 4.79 Å². The Bertz CT molecular complexity index is 572. The summed E-state index contributed by atoms with van der Waals surface area (Å²) in [5.74, 6) is -1.39. The summed E-state index contributed by atoms with van der Waals surface area (Å²) in [5.41, 5.74) is 1.04. The highest BCUT2D eigenvalue weighted by molar-refractivity contribution is 6.04. The van der Waals surface area contributed by atoms with Crippen molar-refractivity contribution >= 4 is 11.6 Å². The summed E-state index contributed by atoms with van der Waals surface area (Å²) in [6.07, 6.45) is 1.28. The van der Waals surface area contributed by atoms with Crippen LogP contribution in [0.4, 0.5) is 10.1 Å². The number of nitrogens with one attached hydrogen (secondary N) is 1. The summed E-state index contributed by atoms with van der Waals surface area (Å²) in [4.78, 5) is 15.2. The van der Waals surface area contributed by atoms with Crippen LogP contribution in [0.15, 0.2) is 42.6 Å². The van der Waals surface area contributed by atoms with Gasteiger partial charge in [0.15, 0.2) is 0 Å². The van der Waals surface area contributed by atoms with Crippen LogP contribution in [0.25, 0.3) is 0 Å². The molecule has 0 bridgehead atoms. The number of pyridine rings is 1. The number of aromatic nitrogens is 1. The van der Waals surface area contributed by atoms with E-state index in [1.807, 2.05) is 0 Å². The van der Waals surface area contributed by atoms with Crippen LogP contribution >= 0.6 is 0 Å². The summed E-state index contributed by atoms with van der Waals surface area (Å²) in [6.45, 7) is -0.120. The van der Waals surface area contributed by atoms with Gasteiger partial charge in [-0.25, -0.2) is 4.98 Å². The molecule has 0 saturated carbocycles. The molecule has 5 heteroatoms. The number of benzene rings is 1. The Kier molecular flexibility index (Phi) is 3.64. The molecular formula is C13H11FN2O2. The van der Waals surface area contributed by atoms with E-state index in [0.29, 0.717) is 11.3 Å². The third-order valence-electron chi connectivity index (χ3n) is 2.37. The maximum Gasteiger partial charge on any atom is 0.260 e. The van der Waals surface area contributed by atoms with Crippen LogP contribution in [-0.2, 0) is 6.61 Å². The minimum Gasteiger partial charge on any atom is -0.392 e. The monoisotopic (exact) mass is 246 g/mol. The Morgan fingerprint density at radius 1 is 1.33 bits per heavy atom. The van der Waals surface area contributed by atoms with Crippen LogP contribution < -0.4 is 5.32 Å². The zero-order chi connectivity index (χ0) is 13.0. The Morgan fingerprint density at radius 3 is 2.89 bits per heavy atom. The molecule has 1 amide bonds. The average Bonchev–Trinajstić information content (AvgIpc) is 2.39. The smallest absolute Gasteiger partial charge is 0.260 e. The highest BCUT2D eigenvalue weighted by atomic mass is 19.1. The van der Waals surface area contributed by atoms with Gasteiger partial charge in [0.25, 0.3) is 5.91 Å². The van der Waals surface area contributed by atoms with E-state index in [4.69, 9.17) is 5.11 Å². The van der Waals surface area contributed by atoms with Gasteiger partial charge in [-0.2, -0.15) is 4.39 Å². The first kappa shape index (κ1) is 12.2. The fourth-order valence-corrected chi connectivity index (χ4v) is 1.50. The summed E-state index contributed by atoms with van der Waals surface area (Å²) in [6, 6.07) is 9.54. The SMILES string of the molecule is O=C(Nc1cccc(CO)c1)c1cccnc1F. The highest BCUT2D eigenvalue weighted by Gasteiger charge is 2.12. The average molecular weight is 246 g/mol. The molecular weight excluding hydrogens is 235 g/mol. The zero-order valence-electron chi connectivity index (χ0n) is 9.43. The molecule has 2 N–H and O–H groups in total. The van der Waals surface area contributed by atoms with E-state index < -0.39 is 11.9 Å². The van der Waals surface area contributed by atoms with Crippen molar-refractivity contribution in [3.8, 4) is 0 Å². The molecule has 0 radical (unpaired) electrons. The van der Waals surface area contributed by atoms with Crippen molar-refractivity contribution in [3.63, 3.8) is 0 Å². The van der Waals surface area contributed by atoms with Crippen molar-refractivity contribution in [3.05, 3.63) is 59.7 Å². The lowest BCUT2D eigenvalue weighted by molar-refractivity contribution is 0.102. The molecule has 1 heterocycles. The van der Waals surface area contributed by atoms with Gasteiger partial charge in [-0.1, -0.05) is 12.1 Å². The van der Waals surface area contributed by atoms with E-state index in [1.165, 1.54) is 18.3 Å². The number of nitrogens with zero attached hydrogens (tertiary/aromatic N) is 1. The Labute approximate surface area is 103 Å². The number of anilines is 1. The molecule has 0 aliphatic carbocycles. The Hall–Kier alpha value is -2.27. The number of rotatable bonds is 3. The zero-order valence-corrected chi connectivity index (χ0v) is 9.43. The Balaban J connectivity index is 2.19. The number of amides is 1. The van der Waals surface area contributed by atoms with Gasteiger partial charge in [0.1, 0.15) is 0 Å². The van der Waals surface area contributed by atoms with Gasteiger partial charge in [-0.05, 0) is 29.8 Å². The molecule has 0 saturated heterocycles. The normalized spacial score (nSPS) is 10.1. The van der Waals surface area contributed by atoms with Gasteiger partial charge in [-0.15, -0.1) is 0 Å². The molecule has 2 aromatic rings. The van der Waals surface area contributed by atoms with Crippen molar-refractivity contribution in [2.24, 2.45) is 0 Å². The molecule has 0 atom stereocenters. The number of carbonyl (C=O) groups is 1. The molecule has 18 heavy (non-hydrogen) atoms. The lowest BCUT2D eigenvalue weighted by Gasteiger charge is -2.06. The first-order chi connectivity index (χ1) is 8.70. The van der Waals surface area contributed by atoms with Crippen molar-refractivity contribution in [1.29, 1.82) is 0 Å². The molecule has 0 unspecified atom stereocenters. The molecule has 4 nitrogen and oxygen atoms in total. The van der Waals surface area contributed by atoms with Gasteiger partial charge < -0.3 is 10.4 Å². The van der Waals surface area contributed by atoms with Crippen LogP contribution in [0, 0.1) is 5.95 Å². The highest BCUT2D eigenvalue weighted by Crippen LogP contribution is 2.13. The second-order valence-electron chi connectivity index (χ2n) is 3.65. The lowest BCUT2D eigenvalue weighted by Crippen LogP contribution is -2.14.